The first-order valence-corrected chi connectivity index (χ1v) is 4.80. The van der Waals surface area contributed by atoms with E-state index in [1.165, 1.54) is 0 Å². The Morgan fingerprint density at radius 3 is 2.62 bits per heavy atom. The average molecular weight is 187 g/mol. The molecular formula is C9H21N3O. The van der Waals surface area contributed by atoms with Gasteiger partial charge in [-0.3, -0.25) is 4.99 Å². The molecule has 0 aliphatic rings. The predicted octanol–water partition coefficient (Wildman–Crippen LogP) is 0.460. The fraction of sp³-hybridized carbons (Fsp3) is 0.889. The van der Waals surface area contributed by atoms with Gasteiger partial charge in [-0.15, -0.1) is 0 Å². The first-order valence-electron chi connectivity index (χ1n) is 4.80. The summed E-state index contributed by atoms with van der Waals surface area (Å²) < 4.78 is 0. The van der Waals surface area contributed by atoms with Crippen LogP contribution in [0.25, 0.3) is 0 Å². The molecule has 0 radical (unpaired) electrons. The van der Waals surface area contributed by atoms with Crippen LogP contribution in [0, 0.1) is 0 Å². The number of nitrogens with two attached hydrogens (primary N) is 1. The monoisotopic (exact) mass is 187 g/mol. The van der Waals surface area contributed by atoms with Crippen molar-refractivity contribution in [1.29, 1.82) is 0 Å². The molecule has 78 valence electrons. The van der Waals surface area contributed by atoms with Crippen molar-refractivity contribution in [3.05, 3.63) is 0 Å². The van der Waals surface area contributed by atoms with Crippen molar-refractivity contribution >= 4 is 5.96 Å². The third-order valence-electron chi connectivity index (χ3n) is 1.53. The van der Waals surface area contributed by atoms with Crippen molar-refractivity contribution in [1.82, 2.24) is 5.32 Å². The van der Waals surface area contributed by atoms with E-state index in [9.17, 15) is 5.11 Å². The fourth-order valence-electron chi connectivity index (χ4n) is 0.970. The predicted molar refractivity (Wildman–Crippen MR) is 55.7 cm³/mol. The summed E-state index contributed by atoms with van der Waals surface area (Å²) in [4.78, 5) is 4.02. The Labute approximate surface area is 80.2 Å². The lowest BCUT2D eigenvalue weighted by Crippen LogP contribution is -2.37. The van der Waals surface area contributed by atoms with Crippen LogP contribution in [0.5, 0.6) is 0 Å². The highest BCUT2D eigenvalue weighted by molar-refractivity contribution is 5.78. The maximum absolute atomic E-state index is 9.34. The van der Waals surface area contributed by atoms with E-state index in [1.54, 1.807) is 0 Å². The van der Waals surface area contributed by atoms with Gasteiger partial charge < -0.3 is 16.2 Å². The van der Waals surface area contributed by atoms with Gasteiger partial charge >= 0.3 is 0 Å². The second-order valence-electron chi connectivity index (χ2n) is 3.47. The van der Waals surface area contributed by atoms with Gasteiger partial charge in [0.15, 0.2) is 5.96 Å². The minimum absolute atomic E-state index is 0.284. The molecule has 0 spiro atoms. The third-order valence-corrected chi connectivity index (χ3v) is 1.53. The molecular weight excluding hydrogens is 166 g/mol. The first kappa shape index (κ1) is 12.2. The van der Waals surface area contributed by atoms with Gasteiger partial charge in [0.2, 0.25) is 0 Å². The molecule has 0 aromatic carbocycles. The molecule has 0 aliphatic heterocycles. The fourth-order valence-corrected chi connectivity index (χ4v) is 0.970. The molecule has 0 rings (SSSR count). The lowest BCUT2D eigenvalue weighted by molar-refractivity contribution is 0.172. The summed E-state index contributed by atoms with van der Waals surface area (Å²) >= 11 is 0. The van der Waals surface area contributed by atoms with Gasteiger partial charge in [0.05, 0.1) is 12.6 Å². The zero-order chi connectivity index (χ0) is 10.3. The van der Waals surface area contributed by atoms with Crippen LogP contribution in [0.15, 0.2) is 4.99 Å². The number of aliphatic imine (C=N–C) groups is 1. The number of aliphatic hydroxyl groups is 1. The van der Waals surface area contributed by atoms with Gasteiger partial charge in [0, 0.05) is 6.04 Å². The Hall–Kier alpha value is -0.770. The van der Waals surface area contributed by atoms with Gasteiger partial charge in [0.25, 0.3) is 0 Å². The summed E-state index contributed by atoms with van der Waals surface area (Å²) in [6, 6.07) is 0.284. The van der Waals surface area contributed by atoms with Gasteiger partial charge in [-0.05, 0) is 20.3 Å². The number of hydrogen-bond acceptors (Lipinski definition) is 2. The highest BCUT2D eigenvalue weighted by Gasteiger charge is 2.01. The molecule has 0 saturated carbocycles. The summed E-state index contributed by atoms with van der Waals surface area (Å²) in [5, 5.41) is 12.3. The van der Waals surface area contributed by atoms with Crippen molar-refractivity contribution in [2.45, 2.75) is 45.8 Å². The number of hydrogen-bond donors (Lipinski definition) is 3. The summed E-state index contributed by atoms with van der Waals surface area (Å²) in [5.74, 6) is 0.408. The lowest BCUT2D eigenvalue weighted by Gasteiger charge is -2.10. The molecule has 0 saturated heterocycles. The number of nitrogens with one attached hydrogen (secondary N) is 1. The van der Waals surface area contributed by atoms with Crippen molar-refractivity contribution < 1.29 is 5.11 Å². The maximum atomic E-state index is 9.34. The van der Waals surface area contributed by atoms with E-state index in [4.69, 9.17) is 5.73 Å². The van der Waals surface area contributed by atoms with Crippen LogP contribution in [0.1, 0.15) is 33.6 Å². The molecule has 0 aromatic rings. The molecule has 0 aromatic heterocycles. The van der Waals surface area contributed by atoms with E-state index in [2.05, 4.69) is 10.3 Å². The molecule has 0 heterocycles. The van der Waals surface area contributed by atoms with Crippen molar-refractivity contribution in [2.24, 2.45) is 10.7 Å². The minimum Gasteiger partial charge on any atom is -0.391 e. The first-order chi connectivity index (χ1) is 6.06. The number of guanidine groups is 1. The van der Waals surface area contributed by atoms with Gasteiger partial charge in [-0.1, -0.05) is 13.3 Å². The van der Waals surface area contributed by atoms with E-state index in [1.807, 2.05) is 20.8 Å². The molecule has 1 unspecified atom stereocenters. The Kier molecular flexibility index (Phi) is 6.32. The van der Waals surface area contributed by atoms with Crippen LogP contribution in [-0.2, 0) is 0 Å². The van der Waals surface area contributed by atoms with Crippen LogP contribution < -0.4 is 11.1 Å². The summed E-state index contributed by atoms with van der Waals surface area (Å²) in [7, 11) is 0. The van der Waals surface area contributed by atoms with Gasteiger partial charge in [-0.2, -0.15) is 0 Å². The van der Waals surface area contributed by atoms with Gasteiger partial charge in [-0.25, -0.2) is 0 Å². The normalized spacial score (nSPS) is 14.7. The van der Waals surface area contributed by atoms with Gasteiger partial charge in [0.1, 0.15) is 0 Å². The molecule has 4 N–H and O–H groups in total. The molecule has 4 heteroatoms. The minimum atomic E-state index is -0.363. The highest BCUT2D eigenvalue weighted by atomic mass is 16.3. The quantitative estimate of drug-likeness (QED) is 0.432. The van der Waals surface area contributed by atoms with E-state index in [-0.39, 0.29) is 12.1 Å². The van der Waals surface area contributed by atoms with Crippen LogP contribution in [0.4, 0.5) is 0 Å². The molecule has 0 fully saturated rings. The Bertz CT molecular complexity index is 157. The SMILES string of the molecule is CCCC(O)CN=C(N)NC(C)C. The van der Waals surface area contributed by atoms with Crippen LogP contribution in [-0.4, -0.2) is 29.8 Å². The highest BCUT2D eigenvalue weighted by Crippen LogP contribution is 1.95. The van der Waals surface area contributed by atoms with Crippen LogP contribution in [0.2, 0.25) is 0 Å². The molecule has 1 atom stereocenters. The summed E-state index contributed by atoms with van der Waals surface area (Å²) in [6.07, 6.45) is 1.38. The van der Waals surface area contributed by atoms with E-state index < -0.39 is 0 Å². The topological polar surface area (TPSA) is 70.6 Å². The molecule has 0 bridgehead atoms. The zero-order valence-electron chi connectivity index (χ0n) is 8.75. The Morgan fingerprint density at radius 2 is 2.15 bits per heavy atom. The second kappa shape index (κ2) is 6.71. The molecule has 13 heavy (non-hydrogen) atoms. The zero-order valence-corrected chi connectivity index (χ0v) is 8.75. The molecule has 0 amide bonds. The number of nitrogens with zero attached hydrogens (tertiary/aromatic N) is 1. The summed E-state index contributed by atoms with van der Waals surface area (Å²) in [5.41, 5.74) is 5.55. The largest absolute Gasteiger partial charge is 0.391 e. The lowest BCUT2D eigenvalue weighted by atomic mass is 10.2. The second-order valence-corrected chi connectivity index (χ2v) is 3.47. The maximum Gasteiger partial charge on any atom is 0.188 e. The average Bonchev–Trinajstić information content (AvgIpc) is 2.00. The Balaban J connectivity index is 3.68. The number of rotatable bonds is 5. The number of aliphatic hydroxyl groups excluding tert-OH is 1. The smallest absolute Gasteiger partial charge is 0.188 e. The van der Waals surface area contributed by atoms with E-state index in [0.717, 1.165) is 12.8 Å². The van der Waals surface area contributed by atoms with Crippen molar-refractivity contribution in [2.75, 3.05) is 6.54 Å². The summed E-state index contributed by atoms with van der Waals surface area (Å²) in [6.45, 7) is 6.40. The van der Waals surface area contributed by atoms with Crippen molar-refractivity contribution in [3.8, 4) is 0 Å². The third kappa shape index (κ3) is 7.59. The molecule has 4 nitrogen and oxygen atoms in total. The van der Waals surface area contributed by atoms with Crippen LogP contribution >= 0.6 is 0 Å². The Morgan fingerprint density at radius 1 is 1.54 bits per heavy atom. The van der Waals surface area contributed by atoms with E-state index in [0.29, 0.717) is 12.5 Å². The van der Waals surface area contributed by atoms with Crippen molar-refractivity contribution in [3.63, 3.8) is 0 Å². The van der Waals surface area contributed by atoms with Crippen LogP contribution in [0.3, 0.4) is 0 Å². The standard InChI is InChI=1S/C9H21N3O/c1-4-5-8(13)6-11-9(10)12-7(2)3/h7-8,13H,4-6H2,1-3H3,(H3,10,11,12). The van der Waals surface area contributed by atoms with E-state index >= 15 is 0 Å². The molecule has 0 aliphatic carbocycles.